The fraction of sp³-hybridized carbons (Fsp3) is 0.688. The van der Waals surface area contributed by atoms with Crippen LogP contribution in [-0.4, -0.2) is 78.2 Å². The maximum atomic E-state index is 12.5. The molecule has 23 heavy (non-hydrogen) atoms. The third-order valence-electron chi connectivity index (χ3n) is 4.28. The Morgan fingerprint density at radius 1 is 1.22 bits per heavy atom. The average Bonchev–Trinajstić information content (AvgIpc) is 3.09. The van der Waals surface area contributed by atoms with Crippen molar-refractivity contribution in [3.63, 3.8) is 0 Å². The van der Waals surface area contributed by atoms with Crippen LogP contribution in [0, 0.1) is 6.92 Å². The van der Waals surface area contributed by atoms with E-state index in [1.165, 1.54) is 0 Å². The lowest BCUT2D eigenvalue weighted by atomic mass is 10.3. The van der Waals surface area contributed by atoms with Crippen LogP contribution in [0.15, 0.2) is 6.07 Å². The van der Waals surface area contributed by atoms with Crippen molar-refractivity contribution in [3.05, 3.63) is 17.5 Å². The van der Waals surface area contributed by atoms with E-state index in [1.807, 2.05) is 11.8 Å². The van der Waals surface area contributed by atoms with E-state index in [0.29, 0.717) is 11.6 Å². The van der Waals surface area contributed by atoms with Crippen LogP contribution in [0.5, 0.6) is 0 Å². The van der Waals surface area contributed by atoms with Gasteiger partial charge >= 0.3 is 0 Å². The van der Waals surface area contributed by atoms with Gasteiger partial charge in [0.15, 0.2) is 0 Å². The van der Waals surface area contributed by atoms with Crippen LogP contribution in [0.1, 0.15) is 29.0 Å². The Bertz CT molecular complexity index is 539. The van der Waals surface area contributed by atoms with Crippen molar-refractivity contribution in [1.29, 1.82) is 0 Å². The highest BCUT2D eigenvalue weighted by atomic mass is 16.5. The lowest BCUT2D eigenvalue weighted by Crippen LogP contribution is -2.39. The molecule has 0 unspecified atom stereocenters. The number of nitrogens with zero attached hydrogens (tertiary/aromatic N) is 4. The smallest absolute Gasteiger partial charge is 0.272 e. The van der Waals surface area contributed by atoms with Crippen molar-refractivity contribution in [3.8, 4) is 0 Å². The van der Waals surface area contributed by atoms with Gasteiger partial charge in [-0.05, 0) is 25.8 Å². The van der Waals surface area contributed by atoms with Crippen LogP contribution in [-0.2, 0) is 4.74 Å². The fourth-order valence-electron chi connectivity index (χ4n) is 2.99. The summed E-state index contributed by atoms with van der Waals surface area (Å²) in [6.07, 6.45) is 2.17. The number of carbonyl (C=O) groups is 1. The van der Waals surface area contributed by atoms with Gasteiger partial charge in [0.1, 0.15) is 5.69 Å². The fourth-order valence-corrected chi connectivity index (χ4v) is 2.99. The van der Waals surface area contributed by atoms with Crippen LogP contribution < -0.4 is 5.32 Å². The highest BCUT2D eigenvalue weighted by Crippen LogP contribution is 2.13. The number of nitrogens with one attached hydrogen (secondary N) is 1. The molecule has 2 fully saturated rings. The molecule has 7 heteroatoms. The molecule has 1 N–H and O–H groups in total. The van der Waals surface area contributed by atoms with Gasteiger partial charge in [-0.2, -0.15) is 0 Å². The molecule has 1 aromatic rings. The van der Waals surface area contributed by atoms with Gasteiger partial charge in [-0.15, -0.1) is 0 Å². The topological polar surface area (TPSA) is 70.6 Å². The Labute approximate surface area is 137 Å². The molecule has 2 saturated heterocycles. The second-order valence-corrected chi connectivity index (χ2v) is 6.10. The standard InChI is InChI=1S/C16H25N5O2/c1-13-12-14(15(22)21-5-2-3-6-21)19-16(18-13)17-4-7-20-8-10-23-11-9-20/h12H,2-11H2,1H3,(H,17,18,19). The van der Waals surface area contributed by atoms with E-state index in [9.17, 15) is 4.79 Å². The number of anilines is 1. The first-order valence-electron chi connectivity index (χ1n) is 8.41. The predicted octanol–water partition coefficient (Wildman–Crippen LogP) is 0.765. The molecule has 1 amide bonds. The summed E-state index contributed by atoms with van der Waals surface area (Å²) in [5.41, 5.74) is 1.31. The van der Waals surface area contributed by atoms with E-state index in [4.69, 9.17) is 4.74 Å². The summed E-state index contributed by atoms with van der Waals surface area (Å²) in [5.74, 6) is 0.560. The number of likely N-dealkylation sites (tertiary alicyclic amines) is 1. The number of ether oxygens (including phenoxy) is 1. The quantitative estimate of drug-likeness (QED) is 0.864. The summed E-state index contributed by atoms with van der Waals surface area (Å²) in [6, 6.07) is 1.77. The number of amides is 1. The van der Waals surface area contributed by atoms with Crippen molar-refractivity contribution in [2.75, 3.05) is 57.8 Å². The Kier molecular flexibility index (Phi) is 5.40. The summed E-state index contributed by atoms with van der Waals surface area (Å²) in [7, 11) is 0. The Hall–Kier alpha value is -1.73. The lowest BCUT2D eigenvalue weighted by Gasteiger charge is -2.26. The molecule has 0 aromatic carbocycles. The van der Waals surface area contributed by atoms with Crippen molar-refractivity contribution < 1.29 is 9.53 Å². The first-order chi connectivity index (χ1) is 11.2. The largest absolute Gasteiger partial charge is 0.379 e. The summed E-state index contributed by atoms with van der Waals surface area (Å²) in [4.78, 5) is 25.5. The molecular formula is C16H25N5O2. The number of morpholine rings is 1. The van der Waals surface area contributed by atoms with E-state index in [2.05, 4.69) is 20.2 Å². The second-order valence-electron chi connectivity index (χ2n) is 6.10. The van der Waals surface area contributed by atoms with Gasteiger partial charge in [0.2, 0.25) is 5.95 Å². The molecule has 126 valence electrons. The number of hydrogen-bond acceptors (Lipinski definition) is 6. The lowest BCUT2D eigenvalue weighted by molar-refractivity contribution is 0.0398. The Morgan fingerprint density at radius 2 is 1.96 bits per heavy atom. The van der Waals surface area contributed by atoms with E-state index < -0.39 is 0 Å². The van der Waals surface area contributed by atoms with Gasteiger partial charge in [0, 0.05) is 45.0 Å². The SMILES string of the molecule is Cc1cc(C(=O)N2CCCC2)nc(NCCN2CCOCC2)n1. The van der Waals surface area contributed by atoms with E-state index >= 15 is 0 Å². The van der Waals surface area contributed by atoms with Crippen LogP contribution in [0.25, 0.3) is 0 Å². The van der Waals surface area contributed by atoms with E-state index in [0.717, 1.165) is 71.0 Å². The molecule has 0 bridgehead atoms. The number of aromatic nitrogens is 2. The van der Waals surface area contributed by atoms with Gasteiger partial charge in [0.05, 0.1) is 13.2 Å². The van der Waals surface area contributed by atoms with Crippen molar-refractivity contribution in [1.82, 2.24) is 19.8 Å². The number of carbonyl (C=O) groups excluding carboxylic acids is 1. The van der Waals surface area contributed by atoms with Crippen LogP contribution in [0.3, 0.4) is 0 Å². The zero-order valence-electron chi connectivity index (χ0n) is 13.8. The zero-order chi connectivity index (χ0) is 16.1. The molecule has 3 rings (SSSR count). The van der Waals surface area contributed by atoms with Crippen molar-refractivity contribution in [2.24, 2.45) is 0 Å². The van der Waals surface area contributed by atoms with Crippen LogP contribution in [0.2, 0.25) is 0 Å². The number of hydrogen-bond donors (Lipinski definition) is 1. The summed E-state index contributed by atoms with van der Waals surface area (Å²) >= 11 is 0. The van der Waals surface area contributed by atoms with Gasteiger partial charge in [-0.1, -0.05) is 0 Å². The highest BCUT2D eigenvalue weighted by Gasteiger charge is 2.21. The molecule has 1 aromatic heterocycles. The molecule has 7 nitrogen and oxygen atoms in total. The minimum Gasteiger partial charge on any atom is -0.379 e. The van der Waals surface area contributed by atoms with Crippen molar-refractivity contribution >= 4 is 11.9 Å². The molecule has 3 heterocycles. The van der Waals surface area contributed by atoms with E-state index in [1.54, 1.807) is 6.07 Å². The van der Waals surface area contributed by atoms with Gasteiger partial charge in [0.25, 0.3) is 5.91 Å². The molecule has 2 aliphatic rings. The van der Waals surface area contributed by atoms with Crippen LogP contribution >= 0.6 is 0 Å². The molecule has 0 aliphatic carbocycles. The maximum absolute atomic E-state index is 12.5. The van der Waals surface area contributed by atoms with Crippen molar-refractivity contribution in [2.45, 2.75) is 19.8 Å². The first-order valence-corrected chi connectivity index (χ1v) is 8.41. The normalized spacial score (nSPS) is 19.1. The minimum absolute atomic E-state index is 0.0178. The van der Waals surface area contributed by atoms with Crippen LogP contribution in [0.4, 0.5) is 5.95 Å². The molecule has 0 radical (unpaired) electrons. The summed E-state index contributed by atoms with van der Waals surface area (Å²) < 4.78 is 5.34. The van der Waals surface area contributed by atoms with Gasteiger partial charge < -0.3 is 15.0 Å². The molecular weight excluding hydrogens is 294 g/mol. The zero-order valence-corrected chi connectivity index (χ0v) is 13.8. The summed E-state index contributed by atoms with van der Waals surface area (Å²) in [5, 5.41) is 3.24. The summed E-state index contributed by atoms with van der Waals surface area (Å²) in [6.45, 7) is 8.80. The Balaban J connectivity index is 1.57. The number of aryl methyl sites for hydroxylation is 1. The Morgan fingerprint density at radius 3 is 2.70 bits per heavy atom. The minimum atomic E-state index is 0.0178. The molecule has 0 saturated carbocycles. The van der Waals surface area contributed by atoms with E-state index in [-0.39, 0.29) is 5.91 Å². The van der Waals surface area contributed by atoms with Gasteiger partial charge in [-0.3, -0.25) is 9.69 Å². The molecule has 0 atom stereocenters. The second kappa shape index (κ2) is 7.70. The predicted molar refractivity (Wildman–Crippen MR) is 87.7 cm³/mol. The average molecular weight is 319 g/mol. The first kappa shape index (κ1) is 16.1. The highest BCUT2D eigenvalue weighted by molar-refractivity contribution is 5.92. The third-order valence-corrected chi connectivity index (χ3v) is 4.28. The van der Waals surface area contributed by atoms with Gasteiger partial charge in [-0.25, -0.2) is 9.97 Å². The number of rotatable bonds is 5. The third kappa shape index (κ3) is 4.39. The molecule has 2 aliphatic heterocycles. The molecule has 0 spiro atoms. The maximum Gasteiger partial charge on any atom is 0.272 e. The monoisotopic (exact) mass is 319 g/mol.